The monoisotopic (exact) mass is 284 g/mol. The smallest absolute Gasteiger partial charge is 0.332 e. The fourth-order valence-electron chi connectivity index (χ4n) is 0.749. The van der Waals surface area contributed by atoms with Crippen LogP contribution in [0.1, 0.15) is 34.1 Å². The van der Waals surface area contributed by atoms with Gasteiger partial charge in [0, 0.05) is 12.0 Å². The first kappa shape index (κ1) is 21.7. The zero-order valence-corrected chi connectivity index (χ0v) is 12.7. The lowest BCUT2D eigenvalue weighted by Crippen LogP contribution is -1.98. The third kappa shape index (κ3) is 31.3. The molecule has 0 spiro atoms. The first-order valence-corrected chi connectivity index (χ1v) is 6.14. The molecule has 5 heteroatoms. The molecule has 0 aliphatic heterocycles. The minimum absolute atomic E-state index is 0.194. The molecule has 0 bridgehead atoms. The van der Waals surface area contributed by atoms with Gasteiger partial charge in [0.2, 0.25) is 0 Å². The maximum atomic E-state index is 10.3. The largest absolute Gasteiger partial charge is 0.466 e. The van der Waals surface area contributed by atoms with E-state index < -0.39 is 0 Å². The minimum Gasteiger partial charge on any atom is -0.466 e. The first-order chi connectivity index (χ1) is 7.72. The fraction of sp³-hybridized carbons (Fsp3) is 0.667. The van der Waals surface area contributed by atoms with Crippen molar-refractivity contribution in [1.82, 2.24) is 0 Å². The number of rotatable bonds is 3. The number of carbonyl (C=O) groups excluding carboxylic acids is 2. The van der Waals surface area contributed by atoms with Gasteiger partial charge in [-0.3, -0.25) is 0 Å². The normalized spacial score (nSPS) is 8.24. The summed E-state index contributed by atoms with van der Waals surface area (Å²) in [6.45, 7) is 10.7. The van der Waals surface area contributed by atoms with Gasteiger partial charge in [0.05, 0.1) is 12.4 Å². The molecular weight excluding hydrogens is 263 g/mol. The van der Waals surface area contributed by atoms with Gasteiger partial charge in [-0.1, -0.05) is 20.4 Å². The molecule has 17 heavy (non-hydrogen) atoms. The van der Waals surface area contributed by atoms with E-state index in [1.165, 1.54) is 7.11 Å². The number of ketones is 1. The molecule has 0 N–H and O–H groups in total. The fourth-order valence-corrected chi connectivity index (χ4v) is 0.749. The molecular formula is C12H22Cl2O3. The predicted molar refractivity (Wildman–Crippen MR) is 73.5 cm³/mol. The van der Waals surface area contributed by atoms with Gasteiger partial charge in [-0.25, -0.2) is 4.79 Å². The lowest BCUT2D eigenvalue weighted by molar-refractivity contribution is -0.136. The van der Waals surface area contributed by atoms with E-state index in [0.717, 1.165) is 6.42 Å². The van der Waals surface area contributed by atoms with Crippen molar-refractivity contribution in [3.05, 3.63) is 12.2 Å². The van der Waals surface area contributed by atoms with Crippen LogP contribution in [0.4, 0.5) is 0 Å². The lowest BCUT2D eigenvalue weighted by Gasteiger charge is -1.95. The summed E-state index contributed by atoms with van der Waals surface area (Å²) in [6.07, 6.45) is 0.722. The Morgan fingerprint density at radius 3 is 1.59 bits per heavy atom. The van der Waals surface area contributed by atoms with E-state index in [4.69, 9.17) is 23.2 Å². The summed E-state index contributed by atoms with van der Waals surface area (Å²) >= 11 is 9.53. The molecule has 0 aliphatic carbocycles. The Balaban J connectivity index is -0.000000188. The van der Waals surface area contributed by atoms with Crippen LogP contribution in [-0.4, -0.2) is 24.2 Å². The number of esters is 1. The van der Waals surface area contributed by atoms with Gasteiger partial charge in [-0.2, -0.15) is 0 Å². The van der Waals surface area contributed by atoms with E-state index in [1.807, 2.05) is 13.8 Å². The Morgan fingerprint density at radius 1 is 1.24 bits per heavy atom. The van der Waals surface area contributed by atoms with E-state index in [9.17, 15) is 9.59 Å². The molecule has 0 aromatic rings. The Labute approximate surface area is 114 Å². The van der Waals surface area contributed by atoms with Crippen molar-refractivity contribution < 1.29 is 14.3 Å². The molecule has 0 aromatic carbocycles. The molecule has 0 unspecified atom stereocenters. The Kier molecular flexibility index (Phi) is 19.7. The summed E-state index contributed by atoms with van der Waals surface area (Å²) in [6, 6.07) is 0. The van der Waals surface area contributed by atoms with Gasteiger partial charge < -0.3 is 9.53 Å². The molecule has 0 saturated heterocycles. The topological polar surface area (TPSA) is 43.4 Å². The molecule has 0 saturated carbocycles. The third-order valence-corrected chi connectivity index (χ3v) is 1.23. The second-order valence-corrected chi connectivity index (χ2v) is 4.48. The van der Waals surface area contributed by atoms with E-state index in [2.05, 4.69) is 11.3 Å². The number of carbonyl (C=O) groups is 2. The Morgan fingerprint density at radius 2 is 1.59 bits per heavy atom. The number of hydrogen-bond acceptors (Lipinski definition) is 3. The molecule has 102 valence electrons. The van der Waals surface area contributed by atoms with Crippen LogP contribution in [0.3, 0.4) is 0 Å². The highest BCUT2D eigenvalue weighted by Gasteiger charge is 1.96. The molecule has 0 aromatic heterocycles. The van der Waals surface area contributed by atoms with Crippen molar-refractivity contribution in [2.45, 2.75) is 34.1 Å². The Hall–Kier alpha value is -0.540. The summed E-state index contributed by atoms with van der Waals surface area (Å²) in [5.74, 6) is 0.465. The number of ether oxygens (including phenoxy) is 1. The van der Waals surface area contributed by atoms with Crippen molar-refractivity contribution in [1.29, 1.82) is 0 Å². The molecule has 0 fully saturated rings. The van der Waals surface area contributed by atoms with Crippen LogP contribution in [0.25, 0.3) is 0 Å². The molecule has 0 rings (SSSR count). The van der Waals surface area contributed by atoms with Crippen LogP contribution in [-0.2, 0) is 14.3 Å². The van der Waals surface area contributed by atoms with Crippen LogP contribution >= 0.6 is 23.2 Å². The summed E-state index contributed by atoms with van der Waals surface area (Å²) < 4.78 is 4.27. The van der Waals surface area contributed by atoms with Gasteiger partial charge in [-0.15, -0.1) is 23.2 Å². The predicted octanol–water partition coefficient (Wildman–Crippen LogP) is 3.78. The molecule has 0 amide bonds. The van der Waals surface area contributed by atoms with Crippen molar-refractivity contribution >= 4 is 35.0 Å². The minimum atomic E-state index is -0.347. The number of methoxy groups -OCH3 is 1. The molecule has 0 aliphatic rings. The maximum absolute atomic E-state index is 10.3. The van der Waals surface area contributed by atoms with Crippen LogP contribution in [0.5, 0.6) is 0 Å². The summed E-state index contributed by atoms with van der Waals surface area (Å²) in [4.78, 5) is 20.4. The summed E-state index contributed by atoms with van der Waals surface area (Å²) in [5.41, 5.74) is 0.433. The maximum Gasteiger partial charge on any atom is 0.332 e. The second kappa shape index (κ2) is 15.5. The van der Waals surface area contributed by atoms with Crippen LogP contribution in [0.15, 0.2) is 12.2 Å². The van der Waals surface area contributed by atoms with Crippen LogP contribution in [0.2, 0.25) is 0 Å². The van der Waals surface area contributed by atoms with E-state index in [0.29, 0.717) is 11.5 Å². The van der Waals surface area contributed by atoms with Gasteiger partial charge in [0.1, 0.15) is 5.78 Å². The highest BCUT2D eigenvalue weighted by molar-refractivity contribution is 6.40. The highest BCUT2D eigenvalue weighted by Crippen LogP contribution is 1.97. The van der Waals surface area contributed by atoms with Crippen molar-refractivity contribution in [3.63, 3.8) is 0 Å². The van der Waals surface area contributed by atoms with Crippen molar-refractivity contribution in [2.75, 3.05) is 12.4 Å². The quantitative estimate of drug-likeness (QED) is 0.450. The zero-order chi connectivity index (χ0) is 14.4. The summed E-state index contributed by atoms with van der Waals surface area (Å²) in [7, 11) is 1.33. The number of alkyl halides is 2. The summed E-state index contributed by atoms with van der Waals surface area (Å²) in [5, 5.41) is 0.194. The Bertz CT molecular complexity index is 226. The van der Waals surface area contributed by atoms with E-state index in [1.54, 1.807) is 13.8 Å². The van der Waals surface area contributed by atoms with Gasteiger partial charge in [0.15, 0.2) is 0 Å². The van der Waals surface area contributed by atoms with Gasteiger partial charge >= 0.3 is 5.97 Å². The number of hydrogen-bond donors (Lipinski definition) is 0. The van der Waals surface area contributed by atoms with Crippen LogP contribution in [0, 0.1) is 5.92 Å². The van der Waals surface area contributed by atoms with E-state index in [-0.39, 0.29) is 17.1 Å². The van der Waals surface area contributed by atoms with Crippen LogP contribution < -0.4 is 0 Å². The number of halogens is 2. The molecule has 0 radical (unpaired) electrons. The first-order valence-electron chi connectivity index (χ1n) is 5.08. The van der Waals surface area contributed by atoms with Crippen molar-refractivity contribution in [3.8, 4) is 0 Å². The standard InChI is InChI=1S/C6H12O.C5H8O2.CH2Cl2/c1-5(2)4-6(3)7;1-4(2)5(6)7-3;2-1-3/h5H,4H2,1-3H3;1H2,2-3H3;1H2. The molecule has 0 heterocycles. The van der Waals surface area contributed by atoms with Gasteiger partial charge in [-0.05, 0) is 19.8 Å². The lowest BCUT2D eigenvalue weighted by atomic mass is 10.1. The number of Topliss-reactive ketones (excluding diaryl/α,β-unsaturated/α-hetero) is 1. The molecule has 0 atom stereocenters. The average molecular weight is 285 g/mol. The highest BCUT2D eigenvalue weighted by atomic mass is 35.5. The third-order valence-electron chi connectivity index (χ3n) is 1.23. The SMILES string of the molecule is C=C(C)C(=O)OC.CC(=O)CC(C)C.ClCCl. The molecule has 3 nitrogen and oxygen atoms in total. The van der Waals surface area contributed by atoms with Crippen molar-refractivity contribution in [2.24, 2.45) is 5.92 Å². The van der Waals surface area contributed by atoms with Gasteiger partial charge in [0.25, 0.3) is 0 Å². The zero-order valence-electron chi connectivity index (χ0n) is 11.2. The average Bonchev–Trinajstić information content (AvgIpc) is 2.16. The van der Waals surface area contributed by atoms with E-state index >= 15 is 0 Å². The second-order valence-electron chi connectivity index (χ2n) is 3.67.